The molecule has 1 N–H and O–H groups in total. The van der Waals surface area contributed by atoms with Crippen LogP contribution in [0.25, 0.3) is 0 Å². The van der Waals surface area contributed by atoms with E-state index in [1.165, 1.54) is 11.1 Å². The summed E-state index contributed by atoms with van der Waals surface area (Å²) in [6.45, 7) is 4.62. The van der Waals surface area contributed by atoms with Gasteiger partial charge in [-0.1, -0.05) is 61.3 Å². The molecule has 0 saturated heterocycles. The lowest BCUT2D eigenvalue weighted by molar-refractivity contribution is 0.265. The summed E-state index contributed by atoms with van der Waals surface area (Å²) < 4.78 is 0. The molecule has 21 heavy (non-hydrogen) atoms. The van der Waals surface area contributed by atoms with E-state index in [9.17, 15) is 0 Å². The Bertz CT molecular complexity index is 644. The summed E-state index contributed by atoms with van der Waals surface area (Å²) in [5.74, 6) is 0. The average Bonchev–Trinajstić information content (AvgIpc) is 2.41. The first kappa shape index (κ1) is 14.7. The van der Waals surface area contributed by atoms with Gasteiger partial charge in [-0.15, -0.1) is 0 Å². The van der Waals surface area contributed by atoms with Gasteiger partial charge in [0, 0.05) is 15.7 Å². The fourth-order valence-electron chi connectivity index (χ4n) is 3.14. The Labute approximate surface area is 136 Å². The molecule has 0 amide bonds. The van der Waals surface area contributed by atoms with Crippen LogP contribution in [0.2, 0.25) is 10.0 Å². The topological polar surface area (TPSA) is 12.0 Å². The fourth-order valence-corrected chi connectivity index (χ4v) is 3.67. The van der Waals surface area contributed by atoms with Crippen molar-refractivity contribution < 1.29 is 0 Å². The largest absolute Gasteiger partial charge is 0.378 e. The zero-order valence-corrected chi connectivity index (χ0v) is 13.8. The molecular weight excluding hydrogens is 301 g/mol. The van der Waals surface area contributed by atoms with Crippen LogP contribution in [0.4, 0.5) is 5.69 Å². The SMILES string of the molecule is CC1(C)CCc2ccccc2C1Nc1cc(Cl)cc(Cl)c1. The van der Waals surface area contributed by atoms with Crippen LogP contribution in [0.15, 0.2) is 42.5 Å². The van der Waals surface area contributed by atoms with E-state index in [2.05, 4.69) is 43.4 Å². The first-order valence-electron chi connectivity index (χ1n) is 7.26. The van der Waals surface area contributed by atoms with E-state index >= 15 is 0 Å². The van der Waals surface area contributed by atoms with E-state index < -0.39 is 0 Å². The molecule has 1 aliphatic carbocycles. The van der Waals surface area contributed by atoms with Crippen molar-refractivity contribution in [1.82, 2.24) is 0 Å². The highest BCUT2D eigenvalue weighted by Crippen LogP contribution is 2.45. The number of aryl methyl sites for hydroxylation is 1. The Morgan fingerprint density at radius 1 is 1.05 bits per heavy atom. The van der Waals surface area contributed by atoms with E-state index in [1.54, 1.807) is 6.07 Å². The van der Waals surface area contributed by atoms with E-state index in [0.29, 0.717) is 10.0 Å². The number of halogens is 2. The zero-order valence-electron chi connectivity index (χ0n) is 12.3. The predicted molar refractivity (Wildman–Crippen MR) is 91.4 cm³/mol. The van der Waals surface area contributed by atoms with Crippen molar-refractivity contribution in [3.8, 4) is 0 Å². The summed E-state index contributed by atoms with van der Waals surface area (Å²) in [5, 5.41) is 4.96. The van der Waals surface area contributed by atoms with Gasteiger partial charge >= 0.3 is 0 Å². The summed E-state index contributed by atoms with van der Waals surface area (Å²) in [6.07, 6.45) is 2.30. The maximum atomic E-state index is 6.11. The molecule has 3 heteroatoms. The smallest absolute Gasteiger partial charge is 0.0567 e. The molecule has 1 aliphatic rings. The zero-order chi connectivity index (χ0) is 15.0. The number of nitrogens with one attached hydrogen (secondary N) is 1. The molecule has 110 valence electrons. The average molecular weight is 320 g/mol. The third-order valence-corrected chi connectivity index (χ3v) is 4.80. The number of hydrogen-bond donors (Lipinski definition) is 1. The van der Waals surface area contributed by atoms with Gasteiger partial charge in [0.2, 0.25) is 0 Å². The molecule has 0 radical (unpaired) electrons. The lowest BCUT2D eigenvalue weighted by atomic mass is 9.70. The van der Waals surface area contributed by atoms with Gasteiger partial charge in [-0.25, -0.2) is 0 Å². The second-order valence-electron chi connectivity index (χ2n) is 6.42. The highest BCUT2D eigenvalue weighted by molar-refractivity contribution is 6.35. The van der Waals surface area contributed by atoms with Crippen LogP contribution >= 0.6 is 23.2 Å². The van der Waals surface area contributed by atoms with Crippen molar-refractivity contribution in [2.75, 3.05) is 5.32 Å². The van der Waals surface area contributed by atoms with Crippen LogP contribution in [0.5, 0.6) is 0 Å². The predicted octanol–water partition coefficient (Wildman–Crippen LogP) is 6.12. The van der Waals surface area contributed by atoms with Crippen molar-refractivity contribution in [3.05, 3.63) is 63.6 Å². The van der Waals surface area contributed by atoms with Crippen LogP contribution in [0, 0.1) is 5.41 Å². The molecule has 0 saturated carbocycles. The summed E-state index contributed by atoms with van der Waals surface area (Å²) >= 11 is 12.2. The van der Waals surface area contributed by atoms with Gasteiger partial charge < -0.3 is 5.32 Å². The molecule has 3 rings (SSSR count). The summed E-state index contributed by atoms with van der Waals surface area (Å²) in [4.78, 5) is 0. The molecule has 0 aromatic heterocycles. The Kier molecular flexibility index (Phi) is 3.90. The molecule has 0 fully saturated rings. The third-order valence-electron chi connectivity index (χ3n) is 4.36. The minimum Gasteiger partial charge on any atom is -0.378 e. The van der Waals surface area contributed by atoms with E-state index in [0.717, 1.165) is 18.5 Å². The van der Waals surface area contributed by atoms with Gasteiger partial charge in [0.05, 0.1) is 6.04 Å². The van der Waals surface area contributed by atoms with Crippen LogP contribution in [-0.4, -0.2) is 0 Å². The second-order valence-corrected chi connectivity index (χ2v) is 7.30. The molecule has 1 nitrogen and oxygen atoms in total. The van der Waals surface area contributed by atoms with Gasteiger partial charge in [-0.2, -0.15) is 0 Å². The van der Waals surface area contributed by atoms with Crippen LogP contribution in [0.3, 0.4) is 0 Å². The van der Waals surface area contributed by atoms with Crippen LogP contribution < -0.4 is 5.32 Å². The Morgan fingerprint density at radius 2 is 1.71 bits per heavy atom. The van der Waals surface area contributed by atoms with Crippen LogP contribution in [-0.2, 0) is 6.42 Å². The van der Waals surface area contributed by atoms with Crippen molar-refractivity contribution in [2.24, 2.45) is 5.41 Å². The van der Waals surface area contributed by atoms with Gasteiger partial charge in [0.25, 0.3) is 0 Å². The molecule has 0 spiro atoms. The Hall–Kier alpha value is -1.18. The number of hydrogen-bond acceptors (Lipinski definition) is 1. The molecular formula is C18H19Cl2N. The van der Waals surface area contributed by atoms with E-state index in [4.69, 9.17) is 23.2 Å². The molecule has 1 unspecified atom stereocenters. The molecule has 2 aromatic rings. The van der Waals surface area contributed by atoms with E-state index in [-0.39, 0.29) is 11.5 Å². The van der Waals surface area contributed by atoms with Crippen molar-refractivity contribution in [3.63, 3.8) is 0 Å². The maximum absolute atomic E-state index is 6.11. The Morgan fingerprint density at radius 3 is 2.43 bits per heavy atom. The van der Waals surface area contributed by atoms with Gasteiger partial charge in [-0.05, 0) is 47.6 Å². The first-order valence-corrected chi connectivity index (χ1v) is 8.02. The lowest BCUT2D eigenvalue weighted by Crippen LogP contribution is -2.33. The molecule has 2 aromatic carbocycles. The lowest BCUT2D eigenvalue weighted by Gasteiger charge is -2.41. The summed E-state index contributed by atoms with van der Waals surface area (Å²) in [6, 6.07) is 14.6. The fraction of sp³-hybridized carbons (Fsp3) is 0.333. The number of benzene rings is 2. The highest BCUT2D eigenvalue weighted by Gasteiger charge is 2.35. The van der Waals surface area contributed by atoms with Gasteiger partial charge in [0.1, 0.15) is 0 Å². The first-order chi connectivity index (χ1) is 9.95. The quantitative estimate of drug-likeness (QED) is 0.703. The summed E-state index contributed by atoms with van der Waals surface area (Å²) in [5.41, 5.74) is 3.97. The summed E-state index contributed by atoms with van der Waals surface area (Å²) in [7, 11) is 0. The van der Waals surface area contributed by atoms with E-state index in [1.807, 2.05) is 12.1 Å². The minimum atomic E-state index is 0.184. The number of rotatable bonds is 2. The van der Waals surface area contributed by atoms with Crippen LogP contribution in [0.1, 0.15) is 37.4 Å². The Balaban J connectivity index is 1.99. The van der Waals surface area contributed by atoms with Gasteiger partial charge in [-0.3, -0.25) is 0 Å². The second kappa shape index (κ2) is 5.55. The highest BCUT2D eigenvalue weighted by atomic mass is 35.5. The normalized spacial score (nSPS) is 19.9. The molecule has 1 atom stereocenters. The molecule has 0 heterocycles. The van der Waals surface area contributed by atoms with Gasteiger partial charge in [0.15, 0.2) is 0 Å². The maximum Gasteiger partial charge on any atom is 0.0567 e. The molecule has 0 aliphatic heterocycles. The third kappa shape index (κ3) is 3.04. The number of anilines is 1. The van der Waals surface area contributed by atoms with Crippen molar-refractivity contribution in [2.45, 2.75) is 32.7 Å². The molecule has 0 bridgehead atoms. The minimum absolute atomic E-state index is 0.184. The monoisotopic (exact) mass is 319 g/mol. The van der Waals surface area contributed by atoms with Crippen molar-refractivity contribution in [1.29, 1.82) is 0 Å². The van der Waals surface area contributed by atoms with Crippen molar-refractivity contribution >= 4 is 28.9 Å². The standard InChI is InChI=1S/C18H19Cl2N/c1-18(2)8-7-12-5-3-4-6-16(12)17(18)21-15-10-13(19)9-14(20)11-15/h3-6,9-11,17,21H,7-8H2,1-2H3. The number of fused-ring (bicyclic) bond motifs is 1.